The van der Waals surface area contributed by atoms with E-state index < -0.39 is 6.61 Å². The third-order valence-electron chi connectivity index (χ3n) is 7.86. The Morgan fingerprint density at radius 2 is 1.79 bits per heavy atom. The average Bonchev–Trinajstić information content (AvgIpc) is 3.35. The fraction of sp³-hybridized carbons (Fsp3) is 0.357. The highest BCUT2D eigenvalue weighted by molar-refractivity contribution is 5.84. The van der Waals surface area contributed by atoms with Crippen LogP contribution < -0.4 is 15.2 Å². The van der Waals surface area contributed by atoms with Crippen molar-refractivity contribution in [3.63, 3.8) is 0 Å². The van der Waals surface area contributed by atoms with E-state index in [2.05, 4.69) is 14.9 Å². The first kappa shape index (κ1) is 25.0. The van der Waals surface area contributed by atoms with Gasteiger partial charge in [-0.05, 0) is 30.2 Å². The number of hydrogen-bond acceptors (Lipinski definition) is 6. The molecule has 11 heteroatoms. The molecule has 0 bridgehead atoms. The van der Waals surface area contributed by atoms with Crippen LogP contribution in [0.4, 0.5) is 14.7 Å². The van der Waals surface area contributed by atoms with Crippen LogP contribution in [-0.2, 0) is 18.4 Å². The van der Waals surface area contributed by atoms with Crippen LogP contribution in [0.15, 0.2) is 59.7 Å². The van der Waals surface area contributed by atoms with Crippen molar-refractivity contribution in [3.8, 4) is 16.9 Å². The Hall–Kier alpha value is -4.28. The standard InChI is InChI=1S/C28H28F2N6O3/c1-33-14-20-15-35(10-9-21(20)25(33)37)28-31-12-19(13-32-28)17-7-8-22-23(11-17)36(34(2)26(22)38)16-18-5-3-4-6-24(18)39-27(29)30/h3-8,11-13,20-21,27H,9-10,14-16H2,1-2H3/t20-,21?/m0/s1. The van der Waals surface area contributed by atoms with Crippen molar-refractivity contribution in [2.45, 2.75) is 19.6 Å². The fourth-order valence-electron chi connectivity index (χ4n) is 5.83. The first-order valence-corrected chi connectivity index (χ1v) is 12.8. The van der Waals surface area contributed by atoms with E-state index in [4.69, 9.17) is 4.74 Å². The number of piperidine rings is 1. The Labute approximate surface area is 223 Å². The molecule has 4 aromatic rings. The summed E-state index contributed by atoms with van der Waals surface area (Å²) in [5, 5.41) is 0.519. The van der Waals surface area contributed by atoms with Crippen LogP contribution in [-0.4, -0.2) is 63.4 Å². The molecule has 6 rings (SSSR count). The van der Waals surface area contributed by atoms with Crippen LogP contribution >= 0.6 is 0 Å². The lowest BCUT2D eigenvalue weighted by molar-refractivity contribution is -0.130. The quantitative estimate of drug-likeness (QED) is 0.377. The molecule has 202 valence electrons. The first-order chi connectivity index (χ1) is 18.8. The predicted octanol–water partition coefficient (Wildman–Crippen LogP) is 3.36. The van der Waals surface area contributed by atoms with Gasteiger partial charge < -0.3 is 14.5 Å². The van der Waals surface area contributed by atoms with E-state index in [1.807, 2.05) is 24.1 Å². The van der Waals surface area contributed by atoms with Gasteiger partial charge >= 0.3 is 6.61 Å². The van der Waals surface area contributed by atoms with Crippen molar-refractivity contribution < 1.29 is 18.3 Å². The summed E-state index contributed by atoms with van der Waals surface area (Å²) < 4.78 is 33.8. The monoisotopic (exact) mass is 534 g/mol. The van der Waals surface area contributed by atoms with Gasteiger partial charge in [-0.2, -0.15) is 8.78 Å². The summed E-state index contributed by atoms with van der Waals surface area (Å²) in [5.74, 6) is 1.31. The van der Waals surface area contributed by atoms with Crippen LogP contribution in [0.5, 0.6) is 5.75 Å². The van der Waals surface area contributed by atoms with Gasteiger partial charge in [-0.1, -0.05) is 24.3 Å². The fourth-order valence-corrected chi connectivity index (χ4v) is 5.83. The third-order valence-corrected chi connectivity index (χ3v) is 7.86. The molecule has 0 saturated carbocycles. The van der Waals surface area contributed by atoms with E-state index in [0.717, 1.165) is 37.2 Å². The lowest BCUT2D eigenvalue weighted by Gasteiger charge is -2.33. The summed E-state index contributed by atoms with van der Waals surface area (Å²) in [5.41, 5.74) is 2.62. The predicted molar refractivity (Wildman–Crippen MR) is 142 cm³/mol. The summed E-state index contributed by atoms with van der Waals surface area (Å²) >= 11 is 0. The zero-order valence-corrected chi connectivity index (χ0v) is 21.6. The second-order valence-corrected chi connectivity index (χ2v) is 10.2. The van der Waals surface area contributed by atoms with E-state index in [1.54, 1.807) is 48.4 Å². The molecule has 1 unspecified atom stereocenters. The number of alkyl halides is 2. The molecule has 2 atom stereocenters. The number of nitrogens with zero attached hydrogens (tertiary/aromatic N) is 6. The van der Waals surface area contributed by atoms with Gasteiger partial charge in [0.05, 0.1) is 17.4 Å². The van der Waals surface area contributed by atoms with Crippen molar-refractivity contribution in [2.24, 2.45) is 18.9 Å². The molecule has 2 aliphatic rings. The van der Waals surface area contributed by atoms with Gasteiger partial charge in [-0.15, -0.1) is 0 Å². The minimum absolute atomic E-state index is 0.0691. The average molecular weight is 535 g/mol. The number of aromatic nitrogens is 4. The summed E-state index contributed by atoms with van der Waals surface area (Å²) in [7, 11) is 3.50. The molecule has 9 nitrogen and oxygen atoms in total. The van der Waals surface area contributed by atoms with Gasteiger partial charge in [-0.3, -0.25) is 19.0 Å². The largest absolute Gasteiger partial charge is 0.434 e. The number of likely N-dealkylation sites (tertiary alicyclic amines) is 1. The first-order valence-electron chi connectivity index (χ1n) is 12.8. The van der Waals surface area contributed by atoms with Gasteiger partial charge in [-0.25, -0.2) is 9.97 Å². The maximum atomic E-state index is 12.9. The summed E-state index contributed by atoms with van der Waals surface area (Å²) in [4.78, 5) is 38.4. The third kappa shape index (κ3) is 4.51. The summed E-state index contributed by atoms with van der Waals surface area (Å²) in [6.45, 7) is -0.529. The van der Waals surface area contributed by atoms with Gasteiger partial charge in [0, 0.05) is 69.1 Å². The number of carbonyl (C=O) groups excluding carboxylic acids is 1. The van der Waals surface area contributed by atoms with E-state index in [0.29, 0.717) is 22.4 Å². The Morgan fingerprint density at radius 1 is 1.03 bits per heavy atom. The second kappa shape index (κ2) is 9.79. The molecule has 0 spiro atoms. The number of anilines is 1. The normalized spacial score (nSPS) is 19.3. The number of carbonyl (C=O) groups is 1. The zero-order chi connectivity index (χ0) is 27.3. The van der Waals surface area contributed by atoms with E-state index >= 15 is 0 Å². The number of amides is 1. The topological polar surface area (TPSA) is 85.5 Å². The molecule has 2 aliphatic heterocycles. The number of halogens is 2. The van der Waals surface area contributed by atoms with Crippen LogP contribution in [0.3, 0.4) is 0 Å². The molecule has 2 aromatic carbocycles. The van der Waals surface area contributed by atoms with Gasteiger partial charge in [0.15, 0.2) is 0 Å². The molecule has 2 aromatic heterocycles. The molecule has 2 saturated heterocycles. The van der Waals surface area contributed by atoms with Crippen molar-refractivity contribution in [3.05, 3.63) is 70.8 Å². The molecule has 0 radical (unpaired) electrons. The van der Waals surface area contributed by atoms with Crippen LogP contribution in [0.25, 0.3) is 22.0 Å². The van der Waals surface area contributed by atoms with Crippen LogP contribution in [0.2, 0.25) is 0 Å². The van der Waals surface area contributed by atoms with Crippen molar-refractivity contribution in [1.82, 2.24) is 24.2 Å². The smallest absolute Gasteiger partial charge is 0.387 e. The summed E-state index contributed by atoms with van der Waals surface area (Å²) in [6, 6.07) is 12.1. The van der Waals surface area contributed by atoms with E-state index in [-0.39, 0.29) is 35.6 Å². The maximum Gasteiger partial charge on any atom is 0.387 e. The molecule has 0 N–H and O–H groups in total. The van der Waals surface area contributed by atoms with Crippen molar-refractivity contribution >= 4 is 22.8 Å². The van der Waals surface area contributed by atoms with Gasteiger partial charge in [0.1, 0.15) is 5.75 Å². The number of ether oxygens (including phenoxy) is 1. The van der Waals surface area contributed by atoms with Gasteiger partial charge in [0.2, 0.25) is 11.9 Å². The lowest BCUT2D eigenvalue weighted by Crippen LogP contribution is -2.41. The van der Waals surface area contributed by atoms with Crippen molar-refractivity contribution in [2.75, 3.05) is 31.6 Å². The number of para-hydroxylation sites is 1. The minimum atomic E-state index is -2.95. The molecular weight excluding hydrogens is 506 g/mol. The molecule has 1 amide bonds. The molecule has 0 aliphatic carbocycles. The Morgan fingerprint density at radius 3 is 2.56 bits per heavy atom. The number of fused-ring (bicyclic) bond motifs is 2. The molecule has 39 heavy (non-hydrogen) atoms. The van der Waals surface area contributed by atoms with Gasteiger partial charge in [0.25, 0.3) is 5.56 Å². The van der Waals surface area contributed by atoms with Crippen molar-refractivity contribution in [1.29, 1.82) is 0 Å². The molecular formula is C28H28F2N6O3. The van der Waals surface area contributed by atoms with Crippen LogP contribution in [0, 0.1) is 11.8 Å². The Balaban J connectivity index is 1.28. The van der Waals surface area contributed by atoms with Crippen LogP contribution in [0.1, 0.15) is 12.0 Å². The number of rotatable bonds is 6. The highest BCUT2D eigenvalue weighted by Crippen LogP contribution is 2.33. The zero-order valence-electron chi connectivity index (χ0n) is 21.6. The minimum Gasteiger partial charge on any atom is -0.434 e. The van der Waals surface area contributed by atoms with E-state index in [1.165, 1.54) is 10.7 Å². The Bertz CT molecular complexity index is 1600. The second-order valence-electron chi connectivity index (χ2n) is 10.2. The molecule has 2 fully saturated rings. The highest BCUT2D eigenvalue weighted by atomic mass is 19.3. The highest BCUT2D eigenvalue weighted by Gasteiger charge is 2.42. The number of benzene rings is 2. The Kier molecular flexibility index (Phi) is 6.28. The number of hydrogen-bond donors (Lipinski definition) is 0. The maximum absolute atomic E-state index is 12.9. The molecule has 4 heterocycles. The summed E-state index contributed by atoms with van der Waals surface area (Å²) in [6.07, 6.45) is 4.32. The van der Waals surface area contributed by atoms with E-state index in [9.17, 15) is 18.4 Å². The lowest BCUT2D eigenvalue weighted by atomic mass is 9.88. The SMILES string of the molecule is CN1C[C@H]2CN(c3ncc(-c4ccc5c(=O)n(C)n(Cc6ccccc6OC(F)F)c5c4)cn3)CCC2C1=O.